The molecule has 0 saturated carbocycles. The summed E-state index contributed by atoms with van der Waals surface area (Å²) in [4.78, 5) is 14.8. The maximum atomic E-state index is 10.9. The van der Waals surface area contributed by atoms with Crippen LogP contribution in [0.25, 0.3) is 0 Å². The zero-order chi connectivity index (χ0) is 13.1. The molecule has 5 heteroatoms. The topological polar surface area (TPSA) is 40.5 Å². The van der Waals surface area contributed by atoms with Crippen LogP contribution in [0.3, 0.4) is 0 Å². The van der Waals surface area contributed by atoms with Crippen molar-refractivity contribution in [2.75, 3.05) is 4.90 Å². The first-order chi connectivity index (χ1) is 8.58. The molecular weight excluding hydrogens is 266 g/mol. The van der Waals surface area contributed by atoms with E-state index in [0.717, 1.165) is 11.5 Å². The Kier molecular flexibility index (Phi) is 4.04. The molecule has 0 aliphatic heterocycles. The highest BCUT2D eigenvalue weighted by Gasteiger charge is 2.16. The minimum atomic E-state index is -0.855. The normalized spacial score (nSPS) is 10.8. The number of nitrogens with zero attached hydrogens (tertiary/aromatic N) is 1. The molecule has 96 valence electrons. The second-order valence-electron chi connectivity index (χ2n) is 4.24. The van der Waals surface area contributed by atoms with E-state index in [1.807, 2.05) is 12.1 Å². The Labute approximate surface area is 114 Å². The number of carboxylic acids is 1. The average Bonchev–Trinajstić information content (AvgIpc) is 2.96. The summed E-state index contributed by atoms with van der Waals surface area (Å²) >= 11 is 3.05. The maximum Gasteiger partial charge on any atom is 0.345 e. The lowest BCUT2D eigenvalue weighted by molar-refractivity contribution is 0.0702. The van der Waals surface area contributed by atoms with Crippen LogP contribution in [0.15, 0.2) is 29.6 Å². The molecule has 18 heavy (non-hydrogen) atoms. The summed E-state index contributed by atoms with van der Waals surface area (Å²) < 4.78 is 0. The van der Waals surface area contributed by atoms with Gasteiger partial charge in [0.1, 0.15) is 4.88 Å². The fourth-order valence-electron chi connectivity index (χ4n) is 1.68. The number of thiophene rings is 2. The first-order valence-corrected chi connectivity index (χ1v) is 7.39. The zero-order valence-electron chi connectivity index (χ0n) is 10.3. The van der Waals surface area contributed by atoms with E-state index in [2.05, 4.69) is 30.2 Å². The number of carbonyl (C=O) groups is 1. The molecule has 0 spiro atoms. The average molecular weight is 281 g/mol. The van der Waals surface area contributed by atoms with Crippen LogP contribution in [0.2, 0.25) is 0 Å². The van der Waals surface area contributed by atoms with Crippen LogP contribution in [-0.4, -0.2) is 17.1 Å². The van der Waals surface area contributed by atoms with Crippen molar-refractivity contribution in [3.8, 4) is 0 Å². The van der Waals surface area contributed by atoms with Gasteiger partial charge in [-0.2, -0.15) is 0 Å². The molecule has 0 aliphatic carbocycles. The first kappa shape index (κ1) is 13.1. The third-order valence-electron chi connectivity index (χ3n) is 2.62. The maximum absolute atomic E-state index is 10.9. The van der Waals surface area contributed by atoms with E-state index in [9.17, 15) is 4.79 Å². The van der Waals surface area contributed by atoms with E-state index < -0.39 is 5.97 Å². The van der Waals surface area contributed by atoms with Crippen LogP contribution in [0.5, 0.6) is 0 Å². The van der Waals surface area contributed by atoms with Crippen LogP contribution in [0, 0.1) is 0 Å². The minimum absolute atomic E-state index is 0.340. The number of rotatable bonds is 5. The zero-order valence-corrected chi connectivity index (χ0v) is 11.9. The summed E-state index contributed by atoms with van der Waals surface area (Å²) in [7, 11) is 0. The Morgan fingerprint density at radius 3 is 2.67 bits per heavy atom. The molecule has 2 heterocycles. The summed E-state index contributed by atoms with van der Waals surface area (Å²) in [5.74, 6) is -0.855. The lowest BCUT2D eigenvalue weighted by atomic mass is 10.3. The van der Waals surface area contributed by atoms with E-state index in [4.69, 9.17) is 5.11 Å². The van der Waals surface area contributed by atoms with Crippen molar-refractivity contribution in [3.63, 3.8) is 0 Å². The van der Waals surface area contributed by atoms with Gasteiger partial charge in [-0.25, -0.2) is 4.79 Å². The van der Waals surface area contributed by atoms with Gasteiger partial charge in [-0.15, -0.1) is 22.7 Å². The summed E-state index contributed by atoms with van der Waals surface area (Å²) in [6, 6.07) is 8.04. The quantitative estimate of drug-likeness (QED) is 0.903. The Morgan fingerprint density at radius 1 is 1.39 bits per heavy atom. The fourth-order valence-corrected chi connectivity index (χ4v) is 3.36. The second-order valence-corrected chi connectivity index (χ2v) is 6.34. The number of anilines is 1. The van der Waals surface area contributed by atoms with Crippen molar-refractivity contribution in [1.82, 2.24) is 0 Å². The largest absolute Gasteiger partial charge is 0.477 e. The van der Waals surface area contributed by atoms with Crippen LogP contribution < -0.4 is 4.90 Å². The molecule has 0 aliphatic rings. The highest BCUT2D eigenvalue weighted by atomic mass is 32.1. The minimum Gasteiger partial charge on any atom is -0.477 e. The van der Waals surface area contributed by atoms with Crippen molar-refractivity contribution < 1.29 is 9.90 Å². The van der Waals surface area contributed by atoms with Gasteiger partial charge in [-0.05, 0) is 37.4 Å². The van der Waals surface area contributed by atoms with Crippen LogP contribution in [0.4, 0.5) is 5.00 Å². The molecule has 0 unspecified atom stereocenters. The lowest BCUT2D eigenvalue weighted by Gasteiger charge is -2.26. The van der Waals surface area contributed by atoms with E-state index in [-0.39, 0.29) is 0 Å². The summed E-state index contributed by atoms with van der Waals surface area (Å²) in [6.07, 6.45) is 0. The number of hydrogen-bond acceptors (Lipinski definition) is 4. The summed E-state index contributed by atoms with van der Waals surface area (Å²) in [5.41, 5.74) is 0. The van der Waals surface area contributed by atoms with Gasteiger partial charge in [0.2, 0.25) is 0 Å². The van der Waals surface area contributed by atoms with Crippen molar-refractivity contribution >= 4 is 33.6 Å². The van der Waals surface area contributed by atoms with Gasteiger partial charge < -0.3 is 10.0 Å². The molecule has 1 N–H and O–H groups in total. The predicted molar refractivity (Wildman–Crippen MR) is 76.9 cm³/mol. The first-order valence-electron chi connectivity index (χ1n) is 5.70. The highest BCUT2D eigenvalue weighted by Crippen LogP contribution is 2.29. The molecular formula is C13H15NO2S2. The van der Waals surface area contributed by atoms with E-state index in [1.165, 1.54) is 16.2 Å². The smallest absolute Gasteiger partial charge is 0.345 e. The molecule has 0 fully saturated rings. The van der Waals surface area contributed by atoms with Gasteiger partial charge in [0.25, 0.3) is 0 Å². The number of hydrogen-bond donors (Lipinski definition) is 1. The van der Waals surface area contributed by atoms with Crippen LogP contribution >= 0.6 is 22.7 Å². The second kappa shape index (κ2) is 5.54. The van der Waals surface area contributed by atoms with Crippen molar-refractivity contribution in [3.05, 3.63) is 39.4 Å². The molecule has 0 atom stereocenters. The third-order valence-corrected chi connectivity index (χ3v) is 4.59. The van der Waals surface area contributed by atoms with E-state index >= 15 is 0 Å². The number of aromatic carboxylic acids is 1. The standard InChI is InChI=1S/C13H15NO2S2/c1-9(2)14(8-10-4-3-7-17-10)12-6-5-11(18-12)13(15)16/h3-7,9H,8H2,1-2H3,(H,15,16). The summed E-state index contributed by atoms with van der Waals surface area (Å²) in [5, 5.41) is 12.0. The SMILES string of the molecule is CC(C)N(Cc1cccs1)c1ccc(C(=O)O)s1. The molecule has 2 rings (SSSR count). The van der Waals surface area contributed by atoms with Gasteiger partial charge >= 0.3 is 5.97 Å². The van der Waals surface area contributed by atoms with E-state index in [1.54, 1.807) is 17.4 Å². The number of carboxylic acid groups (broad SMARTS) is 1. The monoisotopic (exact) mass is 281 g/mol. The van der Waals surface area contributed by atoms with Gasteiger partial charge in [0.05, 0.1) is 11.5 Å². The molecule has 0 bridgehead atoms. The van der Waals surface area contributed by atoms with Crippen molar-refractivity contribution in [2.45, 2.75) is 26.4 Å². The highest BCUT2D eigenvalue weighted by molar-refractivity contribution is 7.17. The Balaban J connectivity index is 2.21. The van der Waals surface area contributed by atoms with Gasteiger partial charge in [0, 0.05) is 10.9 Å². The Bertz CT molecular complexity index is 517. The molecule has 0 amide bonds. The third kappa shape index (κ3) is 2.91. The van der Waals surface area contributed by atoms with Gasteiger partial charge in [0.15, 0.2) is 0 Å². The van der Waals surface area contributed by atoms with Crippen LogP contribution in [0.1, 0.15) is 28.4 Å². The Hall–Kier alpha value is -1.33. The van der Waals surface area contributed by atoms with Crippen molar-refractivity contribution in [1.29, 1.82) is 0 Å². The lowest BCUT2D eigenvalue weighted by Crippen LogP contribution is -2.28. The van der Waals surface area contributed by atoms with Crippen LogP contribution in [-0.2, 0) is 6.54 Å². The molecule has 0 aromatic carbocycles. The molecule has 0 radical (unpaired) electrons. The molecule has 0 saturated heterocycles. The fraction of sp³-hybridized carbons (Fsp3) is 0.308. The molecule has 2 aromatic heterocycles. The van der Waals surface area contributed by atoms with Crippen molar-refractivity contribution in [2.24, 2.45) is 0 Å². The molecule has 2 aromatic rings. The van der Waals surface area contributed by atoms with E-state index in [0.29, 0.717) is 10.9 Å². The van der Waals surface area contributed by atoms with Gasteiger partial charge in [-0.1, -0.05) is 6.07 Å². The predicted octanol–water partition coefficient (Wildman–Crippen LogP) is 3.92. The Morgan fingerprint density at radius 2 is 2.17 bits per heavy atom. The summed E-state index contributed by atoms with van der Waals surface area (Å²) in [6.45, 7) is 5.07. The molecule has 3 nitrogen and oxygen atoms in total. The van der Waals surface area contributed by atoms with Gasteiger partial charge in [-0.3, -0.25) is 0 Å².